The molecule has 174 valence electrons. The Morgan fingerprint density at radius 3 is 2.27 bits per heavy atom. The Labute approximate surface area is 181 Å². The predicted octanol–water partition coefficient (Wildman–Crippen LogP) is 5.91. The van der Waals surface area contributed by atoms with Crippen molar-refractivity contribution in [1.29, 1.82) is 0 Å². The molecule has 0 unspecified atom stereocenters. The fourth-order valence-corrected chi connectivity index (χ4v) is 2.79. The van der Waals surface area contributed by atoms with Crippen molar-refractivity contribution in [2.45, 2.75) is 19.5 Å². The highest BCUT2D eigenvalue weighted by Gasteiger charge is 2.37. The second kappa shape index (κ2) is 8.96. The van der Waals surface area contributed by atoms with Crippen LogP contribution in [0.1, 0.15) is 21.5 Å². The van der Waals surface area contributed by atoms with Gasteiger partial charge in [0.15, 0.2) is 18.2 Å². The van der Waals surface area contributed by atoms with E-state index in [1.54, 1.807) is 0 Å². The molecule has 0 spiro atoms. The number of alkyl halides is 6. The number of aromatic nitrogens is 1. The Morgan fingerprint density at radius 2 is 1.70 bits per heavy atom. The third kappa shape index (κ3) is 5.90. The first-order valence-electron chi connectivity index (χ1n) is 9.06. The van der Waals surface area contributed by atoms with Crippen LogP contribution in [-0.2, 0) is 6.18 Å². The number of hydrogen-bond donors (Lipinski definition) is 1. The molecule has 0 aliphatic heterocycles. The second-order valence-electron chi connectivity index (χ2n) is 6.62. The Bertz CT molecular complexity index is 1160. The Morgan fingerprint density at radius 1 is 1.00 bits per heavy atom. The number of hydrogen-bond acceptors (Lipinski definition) is 3. The molecule has 0 aliphatic carbocycles. The summed E-state index contributed by atoms with van der Waals surface area (Å²) in [7, 11) is 0. The number of H-pyrrole nitrogens is 1. The van der Waals surface area contributed by atoms with E-state index >= 15 is 0 Å². The summed E-state index contributed by atoms with van der Waals surface area (Å²) >= 11 is 0. The molecule has 3 aromatic rings. The lowest BCUT2D eigenvalue weighted by atomic mass is 10.1. The van der Waals surface area contributed by atoms with Crippen LogP contribution in [0.25, 0.3) is 0 Å². The first-order chi connectivity index (χ1) is 15.3. The molecule has 0 aliphatic rings. The molecule has 5 nitrogen and oxygen atoms in total. The molecule has 0 saturated carbocycles. The quantitative estimate of drug-likeness (QED) is 0.467. The number of nitrogens with one attached hydrogen (secondary N) is 2. The zero-order valence-corrected chi connectivity index (χ0v) is 16.6. The number of anilines is 1. The first kappa shape index (κ1) is 23.8. The lowest BCUT2D eigenvalue weighted by Crippen LogP contribution is -2.19. The number of benzene rings is 2. The van der Waals surface area contributed by atoms with Crippen LogP contribution in [0.3, 0.4) is 0 Å². The molecule has 3 rings (SSSR count). The molecule has 33 heavy (non-hydrogen) atoms. The van der Waals surface area contributed by atoms with Crippen LogP contribution in [0.15, 0.2) is 54.9 Å². The zero-order chi connectivity index (χ0) is 24.4. The highest BCUT2D eigenvalue weighted by atomic mass is 19.4. The number of carbonyl (C=O) groups excluding carboxylic acids is 1. The molecule has 0 radical (unpaired) electrons. The topological polar surface area (TPSA) is 61.7 Å². The van der Waals surface area contributed by atoms with Gasteiger partial charge in [0.05, 0.1) is 5.56 Å². The molecular weight excluding hydrogens is 461 g/mol. The van der Waals surface area contributed by atoms with Crippen LogP contribution in [0.4, 0.5) is 36.4 Å². The average molecular weight is 475 g/mol. The normalized spacial score (nSPS) is 11.8. The van der Waals surface area contributed by atoms with Crippen molar-refractivity contribution in [3.8, 4) is 17.2 Å². The summed E-state index contributed by atoms with van der Waals surface area (Å²) in [4.78, 5) is 15.3. The van der Waals surface area contributed by atoms with E-state index in [1.807, 2.05) is 0 Å². The minimum atomic E-state index is -5.09. The molecule has 12 heteroatoms. The molecule has 1 amide bonds. The van der Waals surface area contributed by atoms with Crippen molar-refractivity contribution in [3.05, 3.63) is 77.4 Å². The lowest BCUT2D eigenvalue weighted by Gasteiger charge is -2.17. The van der Waals surface area contributed by atoms with Gasteiger partial charge in [0.1, 0.15) is 28.5 Å². The van der Waals surface area contributed by atoms with E-state index in [2.05, 4.69) is 15.0 Å². The van der Waals surface area contributed by atoms with E-state index in [1.165, 1.54) is 31.5 Å². The van der Waals surface area contributed by atoms with Crippen LogP contribution in [0.5, 0.6) is 17.2 Å². The van der Waals surface area contributed by atoms with Crippen molar-refractivity contribution in [1.82, 2.24) is 0 Å². The minimum Gasteiger partial charge on any atom is -0.456 e. The van der Waals surface area contributed by atoms with Gasteiger partial charge in [-0.25, -0.2) is 9.37 Å². The second-order valence-corrected chi connectivity index (χ2v) is 6.62. The Balaban J connectivity index is 2.01. The van der Waals surface area contributed by atoms with Gasteiger partial charge >= 0.3 is 12.5 Å². The van der Waals surface area contributed by atoms with Crippen LogP contribution in [-0.4, -0.2) is 12.3 Å². The zero-order valence-electron chi connectivity index (χ0n) is 16.6. The number of carbonyl (C=O) groups is 1. The van der Waals surface area contributed by atoms with Gasteiger partial charge in [-0.1, -0.05) is 0 Å². The van der Waals surface area contributed by atoms with Gasteiger partial charge in [0.2, 0.25) is 0 Å². The third-order valence-corrected chi connectivity index (χ3v) is 4.20. The van der Waals surface area contributed by atoms with Crippen molar-refractivity contribution in [2.24, 2.45) is 0 Å². The van der Waals surface area contributed by atoms with Gasteiger partial charge in [0.25, 0.3) is 5.91 Å². The number of rotatable bonds is 5. The summed E-state index contributed by atoms with van der Waals surface area (Å²) in [5, 5.41) is 2.25. The maximum absolute atomic E-state index is 14.8. The van der Waals surface area contributed by atoms with E-state index in [-0.39, 0.29) is 17.0 Å². The summed E-state index contributed by atoms with van der Waals surface area (Å²) < 4.78 is 101. The Hall–Kier alpha value is -3.83. The number of halogens is 7. The maximum Gasteiger partial charge on any atom is 0.573 e. The monoisotopic (exact) mass is 475 g/mol. The van der Waals surface area contributed by atoms with E-state index in [0.29, 0.717) is 6.07 Å². The largest absolute Gasteiger partial charge is 0.573 e. The highest BCUT2D eigenvalue weighted by molar-refractivity contribution is 6.06. The molecular formula is C21H14F7N2O3+. The fraction of sp³-hybridized carbons (Fsp3) is 0.143. The molecule has 0 atom stereocenters. The number of pyridine rings is 1. The number of aryl methyl sites for hydroxylation is 1. The molecule has 2 aromatic carbocycles. The lowest BCUT2D eigenvalue weighted by molar-refractivity contribution is -0.377. The van der Waals surface area contributed by atoms with E-state index in [9.17, 15) is 35.5 Å². The van der Waals surface area contributed by atoms with Crippen molar-refractivity contribution in [2.75, 3.05) is 5.32 Å². The molecule has 0 bridgehead atoms. The molecule has 0 fully saturated rings. The van der Waals surface area contributed by atoms with Gasteiger partial charge in [-0.3, -0.25) is 4.79 Å². The number of ether oxygens (including phenoxy) is 2. The van der Waals surface area contributed by atoms with Crippen molar-refractivity contribution < 1.29 is 50.0 Å². The summed E-state index contributed by atoms with van der Waals surface area (Å²) in [5.41, 5.74) is -2.51. The maximum atomic E-state index is 14.8. The number of amides is 1. The average Bonchev–Trinajstić information content (AvgIpc) is 2.68. The minimum absolute atomic E-state index is 0.0843. The van der Waals surface area contributed by atoms with Gasteiger partial charge in [-0.05, 0) is 48.9 Å². The Kier molecular flexibility index (Phi) is 6.47. The SMILES string of the molecule is Cc1cc(OC(F)(F)F)ccc1Oc1ccc(C(F)(F)F)c(F)c1C(=O)Nc1ccc[nH+]c1. The summed E-state index contributed by atoms with van der Waals surface area (Å²) in [6.45, 7) is 1.33. The van der Waals surface area contributed by atoms with E-state index < -0.39 is 46.9 Å². The van der Waals surface area contributed by atoms with E-state index in [0.717, 1.165) is 24.3 Å². The standard InChI is InChI=1S/C21H13F7N2O3/c1-11-9-13(33-21(26,27)28)4-6-15(11)32-16-7-5-14(20(23,24)25)18(22)17(16)19(31)30-12-3-2-8-29-10-12/h2-10H,1H3,(H,30,31)/p+1. The van der Waals surface area contributed by atoms with Gasteiger partial charge < -0.3 is 14.8 Å². The first-order valence-corrected chi connectivity index (χ1v) is 9.06. The van der Waals surface area contributed by atoms with Crippen LogP contribution < -0.4 is 19.8 Å². The van der Waals surface area contributed by atoms with Crippen LogP contribution >= 0.6 is 0 Å². The summed E-state index contributed by atoms with van der Waals surface area (Å²) in [6, 6.07) is 6.94. The third-order valence-electron chi connectivity index (χ3n) is 4.20. The van der Waals surface area contributed by atoms with Crippen molar-refractivity contribution in [3.63, 3.8) is 0 Å². The molecule has 1 aromatic heterocycles. The highest BCUT2D eigenvalue weighted by Crippen LogP contribution is 2.38. The van der Waals surface area contributed by atoms with Gasteiger partial charge in [-0.15, -0.1) is 13.2 Å². The van der Waals surface area contributed by atoms with Gasteiger partial charge in [-0.2, -0.15) is 13.2 Å². The summed E-state index contributed by atoms with van der Waals surface area (Å²) in [6.07, 6.45) is -7.21. The van der Waals surface area contributed by atoms with Crippen LogP contribution in [0.2, 0.25) is 0 Å². The van der Waals surface area contributed by atoms with Crippen LogP contribution in [0, 0.1) is 12.7 Å². The molecule has 2 N–H and O–H groups in total. The number of aromatic amines is 1. The van der Waals surface area contributed by atoms with Gasteiger partial charge in [0, 0.05) is 6.07 Å². The smallest absolute Gasteiger partial charge is 0.456 e. The molecule has 1 heterocycles. The molecule has 0 saturated heterocycles. The predicted molar refractivity (Wildman–Crippen MR) is 100 cm³/mol. The summed E-state index contributed by atoms with van der Waals surface area (Å²) in [5.74, 6) is -4.38. The van der Waals surface area contributed by atoms with E-state index in [4.69, 9.17) is 4.74 Å². The van der Waals surface area contributed by atoms with Crippen molar-refractivity contribution >= 4 is 11.6 Å². The fourth-order valence-electron chi connectivity index (χ4n) is 2.79.